The van der Waals surface area contributed by atoms with Gasteiger partial charge in [0.15, 0.2) is 0 Å². The number of rotatable bonds is 3. The largest absolute Gasteiger partial charge is 0.314 e. The Labute approximate surface area is 108 Å². The molecule has 3 rings (SSSR count). The van der Waals surface area contributed by atoms with Crippen molar-refractivity contribution in [1.29, 1.82) is 0 Å². The van der Waals surface area contributed by atoms with Crippen molar-refractivity contribution in [2.24, 2.45) is 5.92 Å². The van der Waals surface area contributed by atoms with Crippen LogP contribution in [0.3, 0.4) is 0 Å². The molecule has 98 valence electrons. The third-order valence-electron chi connectivity index (χ3n) is 4.14. The van der Waals surface area contributed by atoms with Gasteiger partial charge in [0, 0.05) is 32.2 Å². The predicted molar refractivity (Wildman–Crippen MR) is 71.0 cm³/mol. The minimum absolute atomic E-state index is 0.0893. The summed E-state index contributed by atoms with van der Waals surface area (Å²) in [5.74, 6) is 0.696. The molecule has 2 nitrogen and oxygen atoms in total. The summed E-state index contributed by atoms with van der Waals surface area (Å²) in [6.07, 6.45) is 2.65. The third-order valence-corrected chi connectivity index (χ3v) is 4.14. The summed E-state index contributed by atoms with van der Waals surface area (Å²) < 4.78 is 13.4. The molecule has 1 atom stereocenters. The second-order valence-corrected chi connectivity index (χ2v) is 5.58. The number of hydrogen-bond donors (Lipinski definition) is 1. The molecule has 1 aromatic carbocycles. The summed E-state index contributed by atoms with van der Waals surface area (Å²) in [7, 11) is 0. The molecule has 1 aromatic rings. The third kappa shape index (κ3) is 2.43. The van der Waals surface area contributed by atoms with E-state index >= 15 is 0 Å². The molecule has 0 aromatic heterocycles. The highest BCUT2D eigenvalue weighted by Gasteiger charge is 2.36. The highest BCUT2D eigenvalue weighted by molar-refractivity contribution is 5.28. The van der Waals surface area contributed by atoms with Crippen molar-refractivity contribution in [2.45, 2.75) is 25.8 Å². The van der Waals surface area contributed by atoms with E-state index in [-0.39, 0.29) is 5.82 Å². The maximum atomic E-state index is 13.4. The van der Waals surface area contributed by atoms with Crippen LogP contribution in [0.25, 0.3) is 0 Å². The number of nitrogens with zero attached hydrogens (tertiary/aromatic N) is 1. The lowest BCUT2D eigenvalue weighted by Crippen LogP contribution is -2.45. The zero-order chi connectivity index (χ0) is 12.5. The standard InChI is InChI=1S/C15H21FN2/c1-11-10-13(4-5-14(11)16)15(12-2-3-12)18-8-6-17-7-9-18/h4-5,10,12,15,17H,2-3,6-9H2,1H3/t15-/m1/s1. The maximum Gasteiger partial charge on any atom is 0.126 e. The van der Waals surface area contributed by atoms with Crippen molar-refractivity contribution in [3.05, 3.63) is 35.1 Å². The van der Waals surface area contributed by atoms with Crippen LogP contribution in [0.4, 0.5) is 4.39 Å². The SMILES string of the molecule is Cc1cc([C@@H](C2CC2)N2CCNCC2)ccc1F. The van der Waals surface area contributed by atoms with Gasteiger partial charge in [-0.15, -0.1) is 0 Å². The van der Waals surface area contributed by atoms with Crippen molar-refractivity contribution < 1.29 is 4.39 Å². The molecule has 0 radical (unpaired) electrons. The van der Waals surface area contributed by atoms with Crippen LogP contribution in [-0.4, -0.2) is 31.1 Å². The van der Waals surface area contributed by atoms with Crippen LogP contribution in [0.2, 0.25) is 0 Å². The molecule has 1 aliphatic heterocycles. The van der Waals surface area contributed by atoms with Crippen LogP contribution in [-0.2, 0) is 0 Å². The topological polar surface area (TPSA) is 15.3 Å². The number of benzene rings is 1. The van der Waals surface area contributed by atoms with E-state index in [1.54, 1.807) is 6.07 Å². The van der Waals surface area contributed by atoms with E-state index in [0.717, 1.165) is 37.7 Å². The van der Waals surface area contributed by atoms with Crippen molar-refractivity contribution >= 4 is 0 Å². The highest BCUT2D eigenvalue weighted by Crippen LogP contribution is 2.44. The zero-order valence-electron chi connectivity index (χ0n) is 11.0. The Morgan fingerprint density at radius 2 is 2.00 bits per heavy atom. The number of aryl methyl sites for hydroxylation is 1. The molecule has 18 heavy (non-hydrogen) atoms. The van der Waals surface area contributed by atoms with Crippen LogP contribution < -0.4 is 5.32 Å². The first-order valence-electron chi connectivity index (χ1n) is 6.96. The molecule has 1 aliphatic carbocycles. The molecule has 2 aliphatic rings. The molecule has 1 N–H and O–H groups in total. The van der Waals surface area contributed by atoms with Crippen LogP contribution in [0.15, 0.2) is 18.2 Å². The van der Waals surface area contributed by atoms with Gasteiger partial charge >= 0.3 is 0 Å². The molecule has 3 heteroatoms. The second-order valence-electron chi connectivity index (χ2n) is 5.58. The number of nitrogens with one attached hydrogen (secondary N) is 1. The van der Waals surface area contributed by atoms with Crippen molar-refractivity contribution in [3.63, 3.8) is 0 Å². The Morgan fingerprint density at radius 3 is 2.61 bits per heavy atom. The van der Waals surface area contributed by atoms with E-state index in [9.17, 15) is 4.39 Å². The van der Waals surface area contributed by atoms with Crippen LogP contribution in [0.1, 0.15) is 30.0 Å². The van der Waals surface area contributed by atoms with Gasteiger partial charge in [0.25, 0.3) is 0 Å². The molecule has 1 saturated carbocycles. The maximum absolute atomic E-state index is 13.4. The Kier molecular flexibility index (Phi) is 3.35. The summed E-state index contributed by atoms with van der Waals surface area (Å²) in [6.45, 7) is 6.22. The molecule has 0 unspecified atom stereocenters. The van der Waals surface area contributed by atoms with Gasteiger partial charge in [-0.05, 0) is 42.9 Å². The van der Waals surface area contributed by atoms with Crippen molar-refractivity contribution in [3.8, 4) is 0 Å². The molecular formula is C15H21FN2. The van der Waals surface area contributed by atoms with Gasteiger partial charge in [0.05, 0.1) is 0 Å². The number of hydrogen-bond acceptors (Lipinski definition) is 2. The average Bonchev–Trinajstić information content (AvgIpc) is 3.20. The summed E-state index contributed by atoms with van der Waals surface area (Å²) >= 11 is 0. The minimum atomic E-state index is -0.0893. The average molecular weight is 248 g/mol. The molecule has 0 amide bonds. The first-order chi connectivity index (χ1) is 8.75. The first-order valence-corrected chi connectivity index (χ1v) is 6.96. The van der Waals surface area contributed by atoms with E-state index in [0.29, 0.717) is 6.04 Å². The van der Waals surface area contributed by atoms with E-state index in [1.165, 1.54) is 18.4 Å². The number of piperazine rings is 1. The smallest absolute Gasteiger partial charge is 0.126 e. The molecular weight excluding hydrogens is 227 g/mol. The van der Waals surface area contributed by atoms with Crippen LogP contribution in [0, 0.1) is 18.7 Å². The van der Waals surface area contributed by atoms with Gasteiger partial charge in [0.1, 0.15) is 5.82 Å². The Balaban J connectivity index is 1.85. The summed E-state index contributed by atoms with van der Waals surface area (Å²) in [5, 5.41) is 3.40. The van der Waals surface area contributed by atoms with Gasteiger partial charge in [-0.25, -0.2) is 4.39 Å². The van der Waals surface area contributed by atoms with Gasteiger partial charge in [-0.1, -0.05) is 12.1 Å². The van der Waals surface area contributed by atoms with E-state index in [1.807, 2.05) is 19.1 Å². The van der Waals surface area contributed by atoms with Crippen molar-refractivity contribution in [1.82, 2.24) is 10.2 Å². The Hall–Kier alpha value is -0.930. The molecule has 0 spiro atoms. The van der Waals surface area contributed by atoms with E-state index in [4.69, 9.17) is 0 Å². The Morgan fingerprint density at radius 1 is 1.28 bits per heavy atom. The number of halogens is 1. The predicted octanol–water partition coefficient (Wildman–Crippen LogP) is 2.49. The summed E-state index contributed by atoms with van der Waals surface area (Å²) in [4.78, 5) is 2.57. The fourth-order valence-corrected chi connectivity index (χ4v) is 3.01. The van der Waals surface area contributed by atoms with Gasteiger partial charge in [-0.2, -0.15) is 0 Å². The van der Waals surface area contributed by atoms with E-state index in [2.05, 4.69) is 10.2 Å². The van der Waals surface area contributed by atoms with Gasteiger partial charge in [-0.3, -0.25) is 4.90 Å². The summed E-state index contributed by atoms with van der Waals surface area (Å²) in [6, 6.07) is 6.15. The normalized spacial score (nSPS) is 23.0. The minimum Gasteiger partial charge on any atom is -0.314 e. The van der Waals surface area contributed by atoms with Gasteiger partial charge < -0.3 is 5.32 Å². The van der Waals surface area contributed by atoms with E-state index < -0.39 is 0 Å². The molecule has 0 bridgehead atoms. The summed E-state index contributed by atoms with van der Waals surface area (Å²) in [5.41, 5.74) is 2.08. The van der Waals surface area contributed by atoms with Gasteiger partial charge in [0.2, 0.25) is 0 Å². The highest BCUT2D eigenvalue weighted by atomic mass is 19.1. The zero-order valence-corrected chi connectivity index (χ0v) is 11.0. The fourth-order valence-electron chi connectivity index (χ4n) is 3.01. The Bertz CT molecular complexity index is 423. The second kappa shape index (κ2) is 4.98. The van der Waals surface area contributed by atoms with Crippen molar-refractivity contribution in [2.75, 3.05) is 26.2 Å². The fraction of sp³-hybridized carbons (Fsp3) is 0.600. The monoisotopic (exact) mass is 248 g/mol. The lowest BCUT2D eigenvalue weighted by molar-refractivity contribution is 0.156. The first kappa shape index (κ1) is 12.1. The lowest BCUT2D eigenvalue weighted by Gasteiger charge is -2.35. The molecule has 1 saturated heterocycles. The lowest BCUT2D eigenvalue weighted by atomic mass is 9.98. The molecule has 2 fully saturated rings. The quantitative estimate of drug-likeness (QED) is 0.884. The molecule has 1 heterocycles. The van der Waals surface area contributed by atoms with Crippen LogP contribution >= 0.6 is 0 Å². The van der Waals surface area contributed by atoms with Crippen LogP contribution in [0.5, 0.6) is 0 Å².